The van der Waals surface area contributed by atoms with E-state index in [1.165, 1.54) is 6.07 Å². The lowest BCUT2D eigenvalue weighted by molar-refractivity contribution is -0.137. The molecule has 7 heteroatoms. The minimum Gasteiger partial charge on any atom is -0.324 e. The van der Waals surface area contributed by atoms with Crippen LogP contribution >= 0.6 is 23.2 Å². The van der Waals surface area contributed by atoms with Crippen LogP contribution in [-0.2, 0) is 11.0 Å². The van der Waals surface area contributed by atoms with E-state index in [0.717, 1.165) is 12.1 Å². The fraction of sp³-hybridized carbons (Fsp3) is 0.133. The summed E-state index contributed by atoms with van der Waals surface area (Å²) in [6, 6.07) is 11.6. The van der Waals surface area contributed by atoms with Gasteiger partial charge in [-0.3, -0.25) is 4.79 Å². The van der Waals surface area contributed by atoms with Crippen LogP contribution in [0.2, 0.25) is 5.02 Å². The zero-order valence-electron chi connectivity index (χ0n) is 11.0. The molecule has 0 aromatic heterocycles. The SMILES string of the molecule is O=C(Nc1ccc(Cl)c(C(F)(F)F)c1)[C@H](Cl)c1ccccc1. The predicted octanol–water partition coefficient (Wildman–Crippen LogP) is 5.28. The second-order valence-electron chi connectivity index (χ2n) is 4.45. The molecule has 1 amide bonds. The number of rotatable bonds is 3. The summed E-state index contributed by atoms with van der Waals surface area (Å²) in [7, 11) is 0. The molecule has 2 nitrogen and oxygen atoms in total. The van der Waals surface area contributed by atoms with E-state index in [4.69, 9.17) is 23.2 Å². The van der Waals surface area contributed by atoms with E-state index in [2.05, 4.69) is 5.32 Å². The standard InChI is InChI=1S/C15H10Cl2F3NO/c16-12-7-6-10(8-11(12)15(18,19)20)21-14(22)13(17)9-4-2-1-3-5-9/h1-8,13H,(H,21,22)/t13-/m1/s1. The molecule has 2 rings (SSSR count). The summed E-state index contributed by atoms with van der Waals surface area (Å²) in [4.78, 5) is 12.0. The first-order chi connectivity index (χ1) is 10.3. The van der Waals surface area contributed by atoms with Crippen LogP contribution < -0.4 is 5.32 Å². The summed E-state index contributed by atoms with van der Waals surface area (Å²) in [5.74, 6) is -0.622. The van der Waals surface area contributed by atoms with Crippen molar-refractivity contribution in [2.24, 2.45) is 0 Å². The Labute approximate surface area is 134 Å². The number of carbonyl (C=O) groups is 1. The molecule has 0 aliphatic heterocycles. The largest absolute Gasteiger partial charge is 0.417 e. The van der Waals surface area contributed by atoms with Crippen molar-refractivity contribution in [3.05, 3.63) is 64.7 Å². The molecule has 0 spiro atoms. The van der Waals surface area contributed by atoms with Crippen molar-refractivity contribution in [1.82, 2.24) is 0 Å². The van der Waals surface area contributed by atoms with E-state index < -0.39 is 28.0 Å². The first kappa shape index (κ1) is 16.6. The first-order valence-electron chi connectivity index (χ1n) is 6.15. The number of alkyl halides is 4. The van der Waals surface area contributed by atoms with E-state index >= 15 is 0 Å². The van der Waals surface area contributed by atoms with Gasteiger partial charge in [-0.15, -0.1) is 11.6 Å². The fourth-order valence-electron chi connectivity index (χ4n) is 1.80. The Hall–Kier alpha value is -1.72. The monoisotopic (exact) mass is 347 g/mol. The summed E-state index contributed by atoms with van der Waals surface area (Å²) < 4.78 is 38.3. The number of benzene rings is 2. The Morgan fingerprint density at radius 3 is 2.32 bits per heavy atom. The van der Waals surface area contributed by atoms with Gasteiger partial charge in [0.2, 0.25) is 5.91 Å². The Morgan fingerprint density at radius 1 is 1.09 bits per heavy atom. The number of amides is 1. The van der Waals surface area contributed by atoms with Crippen molar-refractivity contribution in [2.45, 2.75) is 11.6 Å². The molecule has 116 valence electrons. The molecular formula is C15H10Cl2F3NO. The van der Waals surface area contributed by atoms with Crippen LogP contribution in [-0.4, -0.2) is 5.91 Å². The molecule has 22 heavy (non-hydrogen) atoms. The van der Waals surface area contributed by atoms with Gasteiger partial charge >= 0.3 is 6.18 Å². The van der Waals surface area contributed by atoms with Gasteiger partial charge in [-0.25, -0.2) is 0 Å². The highest BCUT2D eigenvalue weighted by molar-refractivity contribution is 6.33. The van der Waals surface area contributed by atoms with Crippen LogP contribution in [0.15, 0.2) is 48.5 Å². The predicted molar refractivity (Wildman–Crippen MR) is 80.1 cm³/mol. The van der Waals surface area contributed by atoms with Crippen molar-refractivity contribution >= 4 is 34.8 Å². The molecule has 0 fully saturated rings. The third-order valence-electron chi connectivity index (χ3n) is 2.86. The van der Waals surface area contributed by atoms with E-state index in [9.17, 15) is 18.0 Å². The Bertz CT molecular complexity index is 674. The molecular weight excluding hydrogens is 338 g/mol. The average Bonchev–Trinajstić information content (AvgIpc) is 2.48. The van der Waals surface area contributed by atoms with E-state index in [0.29, 0.717) is 5.56 Å². The lowest BCUT2D eigenvalue weighted by atomic mass is 10.1. The zero-order chi connectivity index (χ0) is 16.3. The zero-order valence-corrected chi connectivity index (χ0v) is 12.5. The third kappa shape index (κ3) is 3.93. The fourth-order valence-corrected chi connectivity index (χ4v) is 2.22. The van der Waals surface area contributed by atoms with Crippen LogP contribution in [0.4, 0.5) is 18.9 Å². The molecule has 0 aliphatic carbocycles. The summed E-state index contributed by atoms with van der Waals surface area (Å²) in [5.41, 5.74) is -0.493. The number of carbonyl (C=O) groups excluding carboxylic acids is 1. The van der Waals surface area contributed by atoms with Gasteiger partial charge in [0.1, 0.15) is 5.38 Å². The molecule has 0 aliphatic rings. The van der Waals surface area contributed by atoms with Gasteiger partial charge in [-0.05, 0) is 23.8 Å². The Kier molecular flexibility index (Phi) is 4.98. The molecule has 2 aromatic rings. The number of anilines is 1. The number of halogens is 5. The van der Waals surface area contributed by atoms with Crippen LogP contribution in [0, 0.1) is 0 Å². The highest BCUT2D eigenvalue weighted by atomic mass is 35.5. The minimum absolute atomic E-state index is 0.0247. The summed E-state index contributed by atoms with van der Waals surface area (Å²) in [5, 5.41) is 0.908. The molecule has 2 aromatic carbocycles. The first-order valence-corrected chi connectivity index (χ1v) is 6.97. The molecule has 0 unspecified atom stereocenters. The molecule has 0 saturated carbocycles. The Balaban J connectivity index is 2.19. The molecule has 1 atom stereocenters. The maximum absolute atomic E-state index is 12.8. The molecule has 0 bridgehead atoms. The highest BCUT2D eigenvalue weighted by Crippen LogP contribution is 2.36. The highest BCUT2D eigenvalue weighted by Gasteiger charge is 2.33. The maximum Gasteiger partial charge on any atom is 0.417 e. The van der Waals surface area contributed by atoms with E-state index in [-0.39, 0.29) is 5.69 Å². The Morgan fingerprint density at radius 2 is 1.73 bits per heavy atom. The van der Waals surface area contributed by atoms with Gasteiger partial charge < -0.3 is 5.32 Å². The van der Waals surface area contributed by atoms with Crippen molar-refractivity contribution in [1.29, 1.82) is 0 Å². The van der Waals surface area contributed by atoms with Crippen LogP contribution in [0.3, 0.4) is 0 Å². The van der Waals surface area contributed by atoms with Crippen molar-refractivity contribution < 1.29 is 18.0 Å². The molecule has 0 radical (unpaired) electrons. The van der Waals surface area contributed by atoms with E-state index in [1.54, 1.807) is 30.3 Å². The molecule has 0 saturated heterocycles. The van der Waals surface area contributed by atoms with Crippen molar-refractivity contribution in [3.63, 3.8) is 0 Å². The normalized spacial score (nSPS) is 12.8. The number of hydrogen-bond donors (Lipinski definition) is 1. The van der Waals surface area contributed by atoms with Crippen LogP contribution in [0.25, 0.3) is 0 Å². The topological polar surface area (TPSA) is 29.1 Å². The van der Waals surface area contributed by atoms with Crippen LogP contribution in [0.5, 0.6) is 0 Å². The number of nitrogens with one attached hydrogen (secondary N) is 1. The smallest absolute Gasteiger partial charge is 0.324 e. The van der Waals surface area contributed by atoms with Gasteiger partial charge in [-0.2, -0.15) is 13.2 Å². The van der Waals surface area contributed by atoms with Crippen LogP contribution in [0.1, 0.15) is 16.5 Å². The third-order valence-corrected chi connectivity index (χ3v) is 3.64. The van der Waals surface area contributed by atoms with Crippen molar-refractivity contribution in [2.75, 3.05) is 5.32 Å². The summed E-state index contributed by atoms with van der Waals surface area (Å²) in [6.45, 7) is 0. The lowest BCUT2D eigenvalue weighted by Crippen LogP contribution is -2.18. The maximum atomic E-state index is 12.8. The van der Waals surface area contributed by atoms with Gasteiger partial charge in [0.05, 0.1) is 10.6 Å². The average molecular weight is 348 g/mol. The number of hydrogen-bond acceptors (Lipinski definition) is 1. The lowest BCUT2D eigenvalue weighted by Gasteiger charge is -2.14. The van der Waals surface area contributed by atoms with Gasteiger partial charge in [0.25, 0.3) is 0 Å². The minimum atomic E-state index is -4.60. The van der Waals surface area contributed by atoms with Gasteiger partial charge in [0.15, 0.2) is 0 Å². The molecule has 0 heterocycles. The summed E-state index contributed by atoms with van der Waals surface area (Å²) >= 11 is 11.5. The second-order valence-corrected chi connectivity index (χ2v) is 5.30. The second kappa shape index (κ2) is 6.58. The quantitative estimate of drug-likeness (QED) is 0.752. The van der Waals surface area contributed by atoms with Crippen molar-refractivity contribution in [3.8, 4) is 0 Å². The summed E-state index contributed by atoms with van der Waals surface area (Å²) in [6.07, 6.45) is -4.60. The van der Waals surface area contributed by atoms with E-state index in [1.807, 2.05) is 0 Å². The molecule has 1 N–H and O–H groups in total. The van der Waals surface area contributed by atoms with Gasteiger partial charge in [0, 0.05) is 5.69 Å². The van der Waals surface area contributed by atoms with Gasteiger partial charge in [-0.1, -0.05) is 41.9 Å².